The topological polar surface area (TPSA) is 123 Å². The molecule has 0 bridgehead atoms. The van der Waals surface area contributed by atoms with Gasteiger partial charge in [-0.3, -0.25) is 14.9 Å². The number of carbonyl (C=O) groups is 1. The first kappa shape index (κ1) is 17.6. The molecule has 2 aliphatic heterocycles. The second-order valence-electron chi connectivity index (χ2n) is 6.53. The minimum absolute atomic E-state index is 0.0130. The van der Waals surface area contributed by atoms with Gasteiger partial charge in [-0.15, -0.1) is 0 Å². The summed E-state index contributed by atoms with van der Waals surface area (Å²) in [6.07, 6.45) is 3.21. The maximum absolute atomic E-state index is 12.4. The Morgan fingerprint density at radius 3 is 2.76 bits per heavy atom. The van der Waals surface area contributed by atoms with E-state index in [1.54, 1.807) is 6.07 Å². The number of piperidine rings is 1. The van der Waals surface area contributed by atoms with Crippen molar-refractivity contribution in [3.63, 3.8) is 0 Å². The summed E-state index contributed by atoms with van der Waals surface area (Å²) in [4.78, 5) is 28.7. The summed E-state index contributed by atoms with van der Waals surface area (Å²) in [6.45, 7) is 1.20. The first-order valence-electron chi connectivity index (χ1n) is 8.20. The second kappa shape index (κ2) is 6.95. The van der Waals surface area contributed by atoms with Crippen molar-refractivity contribution in [2.45, 2.75) is 25.3 Å². The lowest BCUT2D eigenvalue weighted by molar-refractivity contribution is -0.385. The van der Waals surface area contributed by atoms with Crippen LogP contribution >= 0.6 is 0 Å². The molecule has 2 saturated heterocycles. The standard InChI is InChI=1S/C15H20N4O5S/c20-15(17-12-5-7-25(23,24)10-12)11-2-1-6-18(9-11)14-4-3-13(8-16-14)19(21)22/h3-4,8,11-12H,1-2,5-7,9-10H2,(H,17,20). The number of sulfone groups is 1. The van der Waals surface area contributed by atoms with Gasteiger partial charge in [0.1, 0.15) is 12.0 Å². The van der Waals surface area contributed by atoms with Crippen LogP contribution in [0, 0.1) is 16.0 Å². The quantitative estimate of drug-likeness (QED) is 0.607. The molecule has 0 aliphatic carbocycles. The molecule has 10 heteroatoms. The Kier molecular flexibility index (Phi) is 4.89. The van der Waals surface area contributed by atoms with Crippen molar-refractivity contribution in [2.75, 3.05) is 29.5 Å². The van der Waals surface area contributed by atoms with Gasteiger partial charge in [0.15, 0.2) is 9.84 Å². The summed E-state index contributed by atoms with van der Waals surface area (Å²) in [5, 5.41) is 13.5. The van der Waals surface area contributed by atoms with Gasteiger partial charge in [0.05, 0.1) is 22.3 Å². The average molecular weight is 368 g/mol. The van der Waals surface area contributed by atoms with Gasteiger partial charge >= 0.3 is 0 Å². The molecule has 2 fully saturated rings. The molecule has 1 amide bonds. The number of anilines is 1. The molecule has 9 nitrogen and oxygen atoms in total. The van der Waals surface area contributed by atoms with Gasteiger partial charge in [0.2, 0.25) is 5.91 Å². The molecule has 1 N–H and O–H groups in total. The Bertz CT molecular complexity index is 765. The third kappa shape index (κ3) is 4.25. The lowest BCUT2D eigenvalue weighted by Crippen LogP contribution is -2.46. The molecular weight excluding hydrogens is 348 g/mol. The molecule has 3 rings (SSSR count). The van der Waals surface area contributed by atoms with Crippen molar-refractivity contribution in [1.82, 2.24) is 10.3 Å². The van der Waals surface area contributed by atoms with Crippen LogP contribution in [0.15, 0.2) is 18.3 Å². The number of pyridine rings is 1. The SMILES string of the molecule is O=C(NC1CCS(=O)(=O)C1)C1CCCN(c2ccc([N+](=O)[O-])cn2)C1. The number of hydrogen-bond donors (Lipinski definition) is 1. The van der Waals surface area contributed by atoms with E-state index in [0.717, 1.165) is 19.4 Å². The van der Waals surface area contributed by atoms with Crippen LogP contribution in [0.25, 0.3) is 0 Å². The molecule has 25 heavy (non-hydrogen) atoms. The van der Waals surface area contributed by atoms with Gasteiger partial charge in [0, 0.05) is 25.2 Å². The van der Waals surface area contributed by atoms with Crippen LogP contribution in [0.5, 0.6) is 0 Å². The molecule has 0 saturated carbocycles. The van der Waals surface area contributed by atoms with Crippen molar-refractivity contribution < 1.29 is 18.1 Å². The van der Waals surface area contributed by atoms with E-state index in [1.165, 1.54) is 12.3 Å². The Hall–Kier alpha value is -2.23. The maximum atomic E-state index is 12.4. The van der Waals surface area contributed by atoms with E-state index in [1.807, 2.05) is 4.90 Å². The zero-order valence-electron chi connectivity index (χ0n) is 13.6. The van der Waals surface area contributed by atoms with Crippen LogP contribution < -0.4 is 10.2 Å². The number of aromatic nitrogens is 1. The summed E-state index contributed by atoms with van der Waals surface area (Å²) in [6, 6.07) is 2.68. The number of nitrogens with zero attached hydrogens (tertiary/aromatic N) is 3. The molecule has 0 spiro atoms. The number of hydrogen-bond acceptors (Lipinski definition) is 7. The van der Waals surface area contributed by atoms with Crippen molar-refractivity contribution in [2.24, 2.45) is 5.92 Å². The van der Waals surface area contributed by atoms with Gasteiger partial charge in [-0.05, 0) is 25.3 Å². The van der Waals surface area contributed by atoms with Crippen molar-refractivity contribution in [1.29, 1.82) is 0 Å². The number of rotatable bonds is 4. The van der Waals surface area contributed by atoms with Gasteiger partial charge in [-0.1, -0.05) is 0 Å². The zero-order valence-corrected chi connectivity index (χ0v) is 14.4. The fraction of sp³-hybridized carbons (Fsp3) is 0.600. The Balaban J connectivity index is 1.60. The molecule has 0 radical (unpaired) electrons. The third-order valence-electron chi connectivity index (χ3n) is 4.64. The fourth-order valence-corrected chi connectivity index (χ4v) is 4.97. The highest BCUT2D eigenvalue weighted by atomic mass is 32.2. The monoisotopic (exact) mass is 368 g/mol. The molecule has 2 atom stereocenters. The number of nitrogens with one attached hydrogen (secondary N) is 1. The zero-order chi connectivity index (χ0) is 18.0. The van der Waals surface area contributed by atoms with E-state index in [-0.39, 0.29) is 35.1 Å². The van der Waals surface area contributed by atoms with E-state index in [9.17, 15) is 23.3 Å². The maximum Gasteiger partial charge on any atom is 0.287 e. The smallest absolute Gasteiger partial charge is 0.287 e. The summed E-state index contributed by atoms with van der Waals surface area (Å²) in [5.41, 5.74) is -0.0718. The summed E-state index contributed by atoms with van der Waals surface area (Å²) >= 11 is 0. The van der Waals surface area contributed by atoms with Crippen LogP contribution in [0.1, 0.15) is 19.3 Å². The van der Waals surface area contributed by atoms with Crippen molar-refractivity contribution >= 4 is 27.2 Å². The summed E-state index contributed by atoms with van der Waals surface area (Å²) in [7, 11) is -3.03. The Morgan fingerprint density at radius 2 is 2.16 bits per heavy atom. The molecular formula is C15H20N4O5S. The van der Waals surface area contributed by atoms with Crippen LogP contribution in [0.4, 0.5) is 11.5 Å². The summed E-state index contributed by atoms with van der Waals surface area (Å²) in [5.74, 6) is 0.370. The van der Waals surface area contributed by atoms with E-state index in [0.29, 0.717) is 18.8 Å². The lowest BCUT2D eigenvalue weighted by Gasteiger charge is -2.33. The van der Waals surface area contributed by atoms with E-state index < -0.39 is 14.8 Å². The van der Waals surface area contributed by atoms with Crippen LogP contribution in [-0.4, -0.2) is 54.9 Å². The molecule has 3 heterocycles. The second-order valence-corrected chi connectivity index (χ2v) is 8.75. The highest BCUT2D eigenvalue weighted by molar-refractivity contribution is 7.91. The van der Waals surface area contributed by atoms with E-state index in [2.05, 4.69) is 10.3 Å². The summed E-state index contributed by atoms with van der Waals surface area (Å²) < 4.78 is 23.0. The van der Waals surface area contributed by atoms with Crippen molar-refractivity contribution in [3.8, 4) is 0 Å². The molecule has 136 valence electrons. The van der Waals surface area contributed by atoms with Crippen LogP contribution in [-0.2, 0) is 14.6 Å². The average Bonchev–Trinajstić information content (AvgIpc) is 2.93. The normalized spacial score (nSPS) is 25.5. The first-order valence-corrected chi connectivity index (χ1v) is 10.0. The Labute approximate surface area is 145 Å². The van der Waals surface area contributed by atoms with Gasteiger partial charge in [0.25, 0.3) is 5.69 Å². The fourth-order valence-electron chi connectivity index (χ4n) is 3.30. The Morgan fingerprint density at radius 1 is 1.36 bits per heavy atom. The van der Waals surface area contributed by atoms with Crippen molar-refractivity contribution in [3.05, 3.63) is 28.4 Å². The predicted molar refractivity (Wildman–Crippen MR) is 91.0 cm³/mol. The predicted octanol–water partition coefficient (Wildman–Crippen LogP) is 0.509. The lowest BCUT2D eigenvalue weighted by atomic mass is 9.96. The van der Waals surface area contributed by atoms with Gasteiger partial charge < -0.3 is 10.2 Å². The molecule has 2 aliphatic rings. The molecule has 0 aromatic carbocycles. The van der Waals surface area contributed by atoms with E-state index >= 15 is 0 Å². The van der Waals surface area contributed by atoms with E-state index in [4.69, 9.17) is 0 Å². The number of amides is 1. The molecule has 2 unspecified atom stereocenters. The first-order chi connectivity index (χ1) is 11.8. The third-order valence-corrected chi connectivity index (χ3v) is 6.41. The highest BCUT2D eigenvalue weighted by Gasteiger charge is 2.32. The minimum atomic E-state index is -3.03. The van der Waals surface area contributed by atoms with Crippen LogP contribution in [0.2, 0.25) is 0 Å². The minimum Gasteiger partial charge on any atom is -0.356 e. The van der Waals surface area contributed by atoms with Gasteiger partial charge in [-0.25, -0.2) is 13.4 Å². The number of nitro groups is 1. The van der Waals surface area contributed by atoms with Gasteiger partial charge in [-0.2, -0.15) is 0 Å². The van der Waals surface area contributed by atoms with Crippen LogP contribution in [0.3, 0.4) is 0 Å². The highest BCUT2D eigenvalue weighted by Crippen LogP contribution is 2.23. The molecule has 1 aromatic rings. The number of carbonyl (C=O) groups excluding carboxylic acids is 1. The molecule has 1 aromatic heterocycles. The largest absolute Gasteiger partial charge is 0.356 e.